The largest absolute Gasteiger partial charge is 0.493 e. The summed E-state index contributed by atoms with van der Waals surface area (Å²) in [5, 5.41) is 5.43. The van der Waals surface area contributed by atoms with Crippen molar-refractivity contribution in [3.63, 3.8) is 0 Å². The lowest BCUT2D eigenvalue weighted by Crippen LogP contribution is -2.22. The minimum absolute atomic E-state index is 0.175. The summed E-state index contributed by atoms with van der Waals surface area (Å²) in [6, 6.07) is 16.5. The molecule has 0 unspecified atom stereocenters. The molecule has 0 N–H and O–H groups in total. The molecule has 0 aliphatic rings. The lowest BCUT2D eigenvalue weighted by atomic mass is 10.2. The van der Waals surface area contributed by atoms with E-state index in [-0.39, 0.29) is 21.9 Å². The molecule has 7 nitrogen and oxygen atoms in total. The third kappa shape index (κ3) is 4.81. The molecule has 9 heteroatoms. The first-order chi connectivity index (χ1) is 16.4. The molecule has 1 aromatic heterocycles. The first-order valence-corrected chi connectivity index (χ1v) is 11.1. The van der Waals surface area contributed by atoms with Crippen LogP contribution in [0.15, 0.2) is 70.6 Å². The van der Waals surface area contributed by atoms with Crippen LogP contribution in [-0.2, 0) is 6.42 Å². The maximum Gasteiger partial charge on any atom is 0.345 e. The van der Waals surface area contributed by atoms with Crippen molar-refractivity contribution in [3.05, 3.63) is 98.0 Å². The van der Waals surface area contributed by atoms with Crippen molar-refractivity contribution in [2.24, 2.45) is 5.10 Å². The zero-order valence-corrected chi connectivity index (χ0v) is 19.8. The summed E-state index contributed by atoms with van der Waals surface area (Å²) in [5.41, 5.74) is 1.18. The van der Waals surface area contributed by atoms with Crippen LogP contribution < -0.4 is 15.0 Å². The number of nitrogens with zero attached hydrogens (tertiary/aromatic N) is 3. The Morgan fingerprint density at radius 3 is 2.62 bits per heavy atom. The average molecular weight is 496 g/mol. The Morgan fingerprint density at radius 2 is 1.88 bits per heavy atom. The summed E-state index contributed by atoms with van der Waals surface area (Å²) in [6.45, 7) is 1.90. The predicted molar refractivity (Wildman–Crippen MR) is 133 cm³/mol. The van der Waals surface area contributed by atoms with E-state index in [2.05, 4.69) is 10.1 Å². The highest BCUT2D eigenvalue weighted by Crippen LogP contribution is 2.30. The quantitative estimate of drug-likeness (QED) is 0.204. The first kappa shape index (κ1) is 23.5. The molecule has 0 bridgehead atoms. The van der Waals surface area contributed by atoms with Crippen LogP contribution in [-0.4, -0.2) is 29.0 Å². The van der Waals surface area contributed by atoms with Crippen LogP contribution in [0.25, 0.3) is 10.9 Å². The molecule has 0 amide bonds. The number of hydrogen-bond donors (Lipinski definition) is 0. The van der Waals surface area contributed by atoms with Gasteiger partial charge in [0.1, 0.15) is 5.82 Å². The van der Waals surface area contributed by atoms with Crippen molar-refractivity contribution < 1.29 is 14.3 Å². The van der Waals surface area contributed by atoms with Crippen LogP contribution in [0.2, 0.25) is 10.0 Å². The van der Waals surface area contributed by atoms with Crippen LogP contribution >= 0.6 is 23.2 Å². The van der Waals surface area contributed by atoms with Crippen molar-refractivity contribution in [1.29, 1.82) is 0 Å². The van der Waals surface area contributed by atoms with E-state index in [1.165, 1.54) is 30.1 Å². The lowest BCUT2D eigenvalue weighted by molar-refractivity contribution is 0.0730. The van der Waals surface area contributed by atoms with Crippen LogP contribution in [0.5, 0.6) is 11.5 Å². The van der Waals surface area contributed by atoms with Gasteiger partial charge in [0, 0.05) is 11.4 Å². The number of fused-ring (bicyclic) bond motifs is 1. The van der Waals surface area contributed by atoms with Crippen molar-refractivity contribution in [3.8, 4) is 11.5 Å². The van der Waals surface area contributed by atoms with Crippen LogP contribution in [0.3, 0.4) is 0 Å². The molecule has 0 atom stereocenters. The number of rotatable bonds is 6. The van der Waals surface area contributed by atoms with Crippen LogP contribution in [0.1, 0.15) is 28.7 Å². The van der Waals surface area contributed by atoms with Crippen molar-refractivity contribution in [1.82, 2.24) is 9.66 Å². The smallest absolute Gasteiger partial charge is 0.345 e. The molecule has 0 spiro atoms. The van der Waals surface area contributed by atoms with E-state index in [0.717, 1.165) is 0 Å². The third-order valence-corrected chi connectivity index (χ3v) is 5.55. The maximum absolute atomic E-state index is 12.9. The molecule has 0 saturated carbocycles. The number of benzene rings is 3. The van der Waals surface area contributed by atoms with Gasteiger partial charge in [-0.05, 0) is 54.1 Å². The lowest BCUT2D eigenvalue weighted by Gasteiger charge is -2.11. The van der Waals surface area contributed by atoms with Gasteiger partial charge in [0.25, 0.3) is 5.56 Å². The molecule has 1 heterocycles. The summed E-state index contributed by atoms with van der Waals surface area (Å²) in [7, 11) is 1.45. The summed E-state index contributed by atoms with van der Waals surface area (Å²) >= 11 is 12.0. The molecule has 172 valence electrons. The number of methoxy groups -OCH3 is 1. The zero-order chi connectivity index (χ0) is 24.2. The number of hydrogen-bond acceptors (Lipinski definition) is 6. The van der Waals surface area contributed by atoms with Crippen molar-refractivity contribution in [2.75, 3.05) is 7.11 Å². The highest BCUT2D eigenvalue weighted by molar-refractivity contribution is 6.36. The highest BCUT2D eigenvalue weighted by Gasteiger charge is 2.16. The second kappa shape index (κ2) is 10.1. The third-order valence-electron chi connectivity index (χ3n) is 5.00. The Bertz CT molecular complexity index is 1480. The highest BCUT2D eigenvalue weighted by atomic mass is 35.5. The minimum Gasteiger partial charge on any atom is -0.493 e. The second-order valence-corrected chi connectivity index (χ2v) is 8.03. The summed E-state index contributed by atoms with van der Waals surface area (Å²) < 4.78 is 12.1. The zero-order valence-electron chi connectivity index (χ0n) is 18.3. The van der Waals surface area contributed by atoms with Crippen LogP contribution in [0.4, 0.5) is 0 Å². The number of carbonyl (C=O) groups excluding carboxylic acids is 1. The van der Waals surface area contributed by atoms with Gasteiger partial charge in [-0.1, -0.05) is 42.3 Å². The predicted octanol–water partition coefficient (Wildman–Crippen LogP) is 5.38. The van der Waals surface area contributed by atoms with Crippen molar-refractivity contribution in [2.45, 2.75) is 13.3 Å². The molecular formula is C25H19Cl2N3O4. The molecule has 34 heavy (non-hydrogen) atoms. The monoisotopic (exact) mass is 495 g/mol. The Kier molecular flexibility index (Phi) is 6.95. The first-order valence-electron chi connectivity index (χ1n) is 10.3. The fourth-order valence-electron chi connectivity index (χ4n) is 3.30. The van der Waals surface area contributed by atoms with E-state index >= 15 is 0 Å². The van der Waals surface area contributed by atoms with Gasteiger partial charge in [-0.2, -0.15) is 9.78 Å². The Hall–Kier alpha value is -3.68. The van der Waals surface area contributed by atoms with Gasteiger partial charge in [-0.3, -0.25) is 4.79 Å². The number of aryl methyl sites for hydroxylation is 1. The van der Waals surface area contributed by atoms with Gasteiger partial charge < -0.3 is 9.47 Å². The topological polar surface area (TPSA) is 82.8 Å². The molecule has 3 aromatic carbocycles. The molecule has 0 radical (unpaired) electrons. The second-order valence-electron chi connectivity index (χ2n) is 7.18. The van der Waals surface area contributed by atoms with E-state index in [9.17, 15) is 9.59 Å². The average Bonchev–Trinajstić information content (AvgIpc) is 2.83. The molecule has 0 aliphatic heterocycles. The fourth-order valence-corrected chi connectivity index (χ4v) is 3.79. The molecule has 0 saturated heterocycles. The van der Waals surface area contributed by atoms with E-state index in [1.54, 1.807) is 42.5 Å². The molecule has 0 fully saturated rings. The Morgan fingerprint density at radius 1 is 1.09 bits per heavy atom. The fraction of sp³-hybridized carbons (Fsp3) is 0.120. The van der Waals surface area contributed by atoms with Crippen molar-refractivity contribution >= 4 is 46.3 Å². The van der Waals surface area contributed by atoms with Gasteiger partial charge in [-0.15, -0.1) is 0 Å². The molecule has 0 aliphatic carbocycles. The Balaban J connectivity index is 1.63. The van der Waals surface area contributed by atoms with E-state index in [0.29, 0.717) is 39.5 Å². The SMILES string of the molecule is CCc1nc2ccccc2c(=O)n1N=Cc1ccc(OC(=O)c2ccc(Cl)cc2Cl)c(OC)c1. The number of aromatic nitrogens is 2. The summed E-state index contributed by atoms with van der Waals surface area (Å²) in [5.74, 6) is 0.400. The number of halogens is 2. The van der Waals surface area contributed by atoms with Crippen LogP contribution in [0, 0.1) is 0 Å². The maximum atomic E-state index is 12.9. The molecule has 4 rings (SSSR count). The number of ether oxygens (including phenoxy) is 2. The standard InChI is InChI=1S/C25H19Cl2N3O4/c1-3-23-29-20-7-5-4-6-18(20)24(31)30(23)28-14-15-8-11-21(22(12-15)33-2)34-25(32)17-10-9-16(26)13-19(17)27/h4-14H,3H2,1-2H3. The van der Waals surface area contributed by atoms with Gasteiger partial charge >= 0.3 is 5.97 Å². The molecule has 4 aromatic rings. The van der Waals surface area contributed by atoms with Gasteiger partial charge in [-0.25, -0.2) is 9.78 Å². The van der Waals surface area contributed by atoms with E-state index in [1.807, 2.05) is 13.0 Å². The van der Waals surface area contributed by atoms with E-state index < -0.39 is 5.97 Å². The minimum atomic E-state index is -0.650. The Labute approximate surface area is 205 Å². The number of carbonyl (C=O) groups is 1. The van der Waals surface area contributed by atoms with Gasteiger partial charge in [0.05, 0.1) is 34.8 Å². The summed E-state index contributed by atoms with van der Waals surface area (Å²) in [4.78, 5) is 30.0. The summed E-state index contributed by atoms with van der Waals surface area (Å²) in [6.07, 6.45) is 2.05. The van der Waals surface area contributed by atoms with E-state index in [4.69, 9.17) is 32.7 Å². The number of para-hydroxylation sites is 1. The van der Waals surface area contributed by atoms with Gasteiger partial charge in [0.2, 0.25) is 0 Å². The normalized spacial score (nSPS) is 11.2. The molecular weight excluding hydrogens is 477 g/mol. The number of esters is 1. The van der Waals surface area contributed by atoms with Gasteiger partial charge in [0.15, 0.2) is 11.5 Å².